The van der Waals surface area contributed by atoms with Gasteiger partial charge >= 0.3 is 11.3 Å². The quantitative estimate of drug-likeness (QED) is 0.785. The molecule has 1 heterocycles. The van der Waals surface area contributed by atoms with Crippen molar-refractivity contribution in [3.8, 4) is 0 Å². The molecule has 124 valence electrons. The van der Waals surface area contributed by atoms with E-state index in [1.165, 1.54) is 0 Å². The number of carbonyl (C=O) groups excluding carboxylic acids is 1. The number of urea groups is 1. The molecule has 1 aromatic carbocycles. The monoisotopic (exact) mass is 338 g/mol. The van der Waals surface area contributed by atoms with Gasteiger partial charge in [-0.15, -0.1) is 5.10 Å². The summed E-state index contributed by atoms with van der Waals surface area (Å²) < 4.78 is 29.5. The lowest BCUT2D eigenvalue weighted by molar-refractivity contribution is 0.239. The average molecular weight is 338 g/mol. The van der Waals surface area contributed by atoms with E-state index in [1.54, 1.807) is 30.3 Å². The van der Waals surface area contributed by atoms with Crippen LogP contribution >= 0.6 is 0 Å². The number of hydrogen-bond acceptors (Lipinski definition) is 6. The second-order valence-corrected chi connectivity index (χ2v) is 6.68. The number of nitrogens with one attached hydrogen (secondary N) is 2. The van der Waals surface area contributed by atoms with Crippen LogP contribution in [0.1, 0.15) is 24.8 Å². The number of benzene rings is 1. The Morgan fingerprint density at radius 2 is 1.91 bits per heavy atom. The van der Waals surface area contributed by atoms with Crippen LogP contribution in [0.3, 0.4) is 0 Å². The Morgan fingerprint density at radius 3 is 2.61 bits per heavy atom. The number of sulfone groups is 1. The van der Waals surface area contributed by atoms with Gasteiger partial charge in [-0.2, -0.15) is 0 Å². The number of carbonyl (C=O) groups is 1. The van der Waals surface area contributed by atoms with Crippen molar-refractivity contribution in [2.24, 2.45) is 0 Å². The van der Waals surface area contributed by atoms with Gasteiger partial charge in [-0.25, -0.2) is 13.2 Å². The fraction of sp³-hybridized carbons (Fsp3) is 0.357. The number of aromatic nitrogens is 2. The van der Waals surface area contributed by atoms with Gasteiger partial charge < -0.3 is 15.1 Å². The Bertz CT molecular complexity index is 743. The molecule has 0 aliphatic carbocycles. The highest BCUT2D eigenvalue weighted by atomic mass is 32.2. The molecule has 0 bridgehead atoms. The van der Waals surface area contributed by atoms with E-state index in [0.717, 1.165) is 6.42 Å². The van der Waals surface area contributed by atoms with E-state index >= 15 is 0 Å². The summed E-state index contributed by atoms with van der Waals surface area (Å²) in [6.07, 6.45) is 0.815. The summed E-state index contributed by atoms with van der Waals surface area (Å²) in [6.45, 7) is 2.44. The lowest BCUT2D eigenvalue weighted by atomic mass is 10.2. The van der Waals surface area contributed by atoms with Crippen molar-refractivity contribution in [1.82, 2.24) is 20.8 Å². The number of nitrogens with zero attached hydrogens (tertiary/aromatic N) is 2. The van der Waals surface area contributed by atoms with Crippen LogP contribution in [-0.2, 0) is 22.1 Å². The largest absolute Gasteiger partial charge is 0.411 e. The molecule has 0 unspecified atom stereocenters. The van der Waals surface area contributed by atoms with Crippen molar-refractivity contribution in [3.63, 3.8) is 0 Å². The predicted molar refractivity (Wildman–Crippen MR) is 82.2 cm³/mol. The maximum atomic E-state index is 12.2. The van der Waals surface area contributed by atoms with Crippen molar-refractivity contribution >= 4 is 15.9 Å². The molecule has 2 N–H and O–H groups in total. The van der Waals surface area contributed by atoms with Crippen LogP contribution in [0.2, 0.25) is 0 Å². The van der Waals surface area contributed by atoms with E-state index in [4.69, 9.17) is 4.42 Å². The van der Waals surface area contributed by atoms with Gasteiger partial charge in [0.15, 0.2) is 0 Å². The van der Waals surface area contributed by atoms with E-state index < -0.39 is 15.1 Å². The Labute approximate surface area is 134 Å². The molecule has 0 fully saturated rings. The van der Waals surface area contributed by atoms with Gasteiger partial charge in [0.2, 0.25) is 15.7 Å². The molecule has 0 spiro atoms. The minimum atomic E-state index is -3.71. The zero-order chi connectivity index (χ0) is 16.7. The zero-order valence-electron chi connectivity index (χ0n) is 12.7. The first-order valence-electron chi connectivity index (χ1n) is 7.12. The van der Waals surface area contributed by atoms with Crippen LogP contribution in [0.5, 0.6) is 0 Å². The van der Waals surface area contributed by atoms with Gasteiger partial charge in [0.25, 0.3) is 0 Å². The molecular weight excluding hydrogens is 320 g/mol. The van der Waals surface area contributed by atoms with Crippen molar-refractivity contribution in [3.05, 3.63) is 41.8 Å². The Morgan fingerprint density at radius 1 is 1.17 bits per heavy atom. The van der Waals surface area contributed by atoms with Gasteiger partial charge in [-0.1, -0.05) is 42.4 Å². The lowest BCUT2D eigenvalue weighted by Crippen LogP contribution is -2.35. The highest BCUT2D eigenvalue weighted by molar-refractivity contribution is 7.90. The summed E-state index contributed by atoms with van der Waals surface area (Å²) in [5.41, 5.74) is 0.629. The third-order valence-corrected chi connectivity index (χ3v) is 4.26. The smallest absolute Gasteiger partial charge is 0.335 e. The SMILES string of the molecule is CCCNC(=O)NCc1nnc(S(=O)(=O)Cc2ccccc2)o1. The highest BCUT2D eigenvalue weighted by Gasteiger charge is 2.23. The number of rotatable bonds is 7. The number of hydrogen-bond donors (Lipinski definition) is 2. The summed E-state index contributed by atoms with van der Waals surface area (Å²) in [4.78, 5) is 11.4. The van der Waals surface area contributed by atoms with Gasteiger partial charge in [0.05, 0.1) is 12.3 Å². The first-order chi connectivity index (χ1) is 11.0. The Kier molecular flexibility index (Phi) is 5.69. The standard InChI is InChI=1S/C14H18N4O4S/c1-2-8-15-13(19)16-9-12-17-18-14(22-12)23(20,21)10-11-6-4-3-5-7-11/h3-7H,2,8-10H2,1H3,(H2,15,16,19). The van der Waals surface area contributed by atoms with Crippen molar-refractivity contribution in [2.75, 3.05) is 6.54 Å². The molecule has 2 rings (SSSR count). The van der Waals surface area contributed by atoms with E-state index in [1.807, 2.05) is 6.92 Å². The second-order valence-electron chi connectivity index (χ2n) is 4.82. The Hall–Kier alpha value is -2.42. The summed E-state index contributed by atoms with van der Waals surface area (Å²) in [7, 11) is -3.71. The van der Waals surface area contributed by atoms with Crippen LogP contribution in [0.15, 0.2) is 40.0 Å². The predicted octanol–water partition coefficient (Wildman–Crippen LogP) is 1.25. The first-order valence-corrected chi connectivity index (χ1v) is 8.77. The normalized spacial score (nSPS) is 11.2. The molecule has 2 aromatic rings. The molecule has 23 heavy (non-hydrogen) atoms. The van der Waals surface area contributed by atoms with Crippen molar-refractivity contribution < 1.29 is 17.6 Å². The zero-order valence-corrected chi connectivity index (χ0v) is 13.5. The fourth-order valence-corrected chi connectivity index (χ4v) is 2.89. The minimum Gasteiger partial charge on any atom is -0.411 e. The third kappa shape index (κ3) is 5.06. The van der Waals surface area contributed by atoms with E-state index in [-0.39, 0.29) is 24.2 Å². The molecule has 0 aliphatic heterocycles. The molecule has 9 heteroatoms. The van der Waals surface area contributed by atoms with Crippen LogP contribution in [0.4, 0.5) is 4.79 Å². The summed E-state index contributed by atoms with van der Waals surface area (Å²) in [5, 5.41) is 11.9. The maximum absolute atomic E-state index is 12.2. The van der Waals surface area contributed by atoms with Crippen molar-refractivity contribution in [2.45, 2.75) is 30.9 Å². The highest BCUT2D eigenvalue weighted by Crippen LogP contribution is 2.15. The summed E-state index contributed by atoms with van der Waals surface area (Å²) in [5.74, 6) is -0.192. The van der Waals surface area contributed by atoms with E-state index in [9.17, 15) is 13.2 Å². The van der Waals surface area contributed by atoms with E-state index in [0.29, 0.717) is 12.1 Å². The van der Waals surface area contributed by atoms with Gasteiger partial charge in [0, 0.05) is 6.54 Å². The molecule has 0 saturated carbocycles. The molecule has 0 atom stereocenters. The van der Waals surface area contributed by atoms with Crippen LogP contribution in [-0.4, -0.2) is 31.2 Å². The molecule has 2 amide bonds. The second kappa shape index (κ2) is 7.73. The van der Waals surface area contributed by atoms with Crippen LogP contribution < -0.4 is 10.6 Å². The molecule has 0 radical (unpaired) electrons. The molecule has 8 nitrogen and oxygen atoms in total. The van der Waals surface area contributed by atoms with Gasteiger partial charge in [-0.05, 0) is 12.0 Å². The Balaban J connectivity index is 1.96. The maximum Gasteiger partial charge on any atom is 0.335 e. The van der Waals surface area contributed by atoms with Gasteiger partial charge in [-0.3, -0.25) is 0 Å². The van der Waals surface area contributed by atoms with Gasteiger partial charge in [0.1, 0.15) is 0 Å². The van der Waals surface area contributed by atoms with Crippen LogP contribution in [0.25, 0.3) is 0 Å². The summed E-state index contributed by atoms with van der Waals surface area (Å²) >= 11 is 0. The fourth-order valence-electron chi connectivity index (χ4n) is 1.75. The lowest BCUT2D eigenvalue weighted by Gasteiger charge is -2.03. The average Bonchev–Trinajstić information content (AvgIpc) is 3.01. The summed E-state index contributed by atoms with van der Waals surface area (Å²) in [6, 6.07) is 8.34. The molecule has 1 aromatic heterocycles. The first kappa shape index (κ1) is 16.9. The minimum absolute atomic E-state index is 0.0308. The van der Waals surface area contributed by atoms with Crippen molar-refractivity contribution in [1.29, 1.82) is 0 Å². The van der Waals surface area contributed by atoms with Crippen LogP contribution in [0, 0.1) is 0 Å². The van der Waals surface area contributed by atoms with E-state index in [2.05, 4.69) is 20.8 Å². The topological polar surface area (TPSA) is 114 Å². The molecular formula is C14H18N4O4S. The molecule has 0 aliphatic rings. The third-order valence-electron chi connectivity index (χ3n) is 2.85. The number of amides is 2. The molecule has 0 saturated heterocycles.